The number of nitrogens with two attached hydrogens (primary N) is 1. The van der Waals surface area contributed by atoms with Crippen molar-refractivity contribution >= 4 is 17.2 Å². The molecule has 0 aliphatic rings. The first kappa shape index (κ1) is 16.1. The van der Waals surface area contributed by atoms with Crippen molar-refractivity contribution in [1.29, 1.82) is 0 Å². The van der Waals surface area contributed by atoms with Crippen molar-refractivity contribution in [1.82, 2.24) is 9.88 Å². The fourth-order valence-corrected chi connectivity index (χ4v) is 2.25. The molecule has 0 bridgehead atoms. The summed E-state index contributed by atoms with van der Waals surface area (Å²) in [7, 11) is 0. The van der Waals surface area contributed by atoms with Crippen molar-refractivity contribution in [2.24, 2.45) is 5.73 Å². The average molecular weight is 279 g/mol. The summed E-state index contributed by atoms with van der Waals surface area (Å²) < 4.78 is 0. The van der Waals surface area contributed by atoms with E-state index >= 15 is 0 Å². The SMILES string of the molecule is CCCCN(CCCC)Cc1cccnc1C(N)=S. The fraction of sp³-hybridized carbons (Fsp3) is 0.600. The molecule has 0 radical (unpaired) electrons. The zero-order chi connectivity index (χ0) is 14.1. The summed E-state index contributed by atoms with van der Waals surface area (Å²) >= 11 is 5.07. The van der Waals surface area contributed by atoms with Gasteiger partial charge in [-0.3, -0.25) is 9.88 Å². The lowest BCUT2D eigenvalue weighted by Crippen LogP contribution is -2.27. The van der Waals surface area contributed by atoms with E-state index in [0.717, 1.165) is 30.9 Å². The standard InChI is InChI=1S/C15H25N3S/c1-3-5-10-18(11-6-4-2)12-13-8-7-9-17-14(13)15(16)19/h7-9H,3-6,10-12H2,1-2H3,(H2,16,19). The van der Waals surface area contributed by atoms with Crippen molar-refractivity contribution in [3.63, 3.8) is 0 Å². The highest BCUT2D eigenvalue weighted by molar-refractivity contribution is 7.80. The summed E-state index contributed by atoms with van der Waals surface area (Å²) in [4.78, 5) is 7.17. The van der Waals surface area contributed by atoms with Crippen LogP contribution in [0.5, 0.6) is 0 Å². The van der Waals surface area contributed by atoms with Gasteiger partial charge in [0.05, 0.1) is 0 Å². The molecule has 0 atom stereocenters. The lowest BCUT2D eigenvalue weighted by molar-refractivity contribution is 0.256. The van der Waals surface area contributed by atoms with Crippen LogP contribution in [-0.4, -0.2) is 28.0 Å². The third-order valence-corrected chi connectivity index (χ3v) is 3.37. The second kappa shape index (κ2) is 8.99. The predicted octanol–water partition coefficient (Wildman–Crippen LogP) is 3.12. The first-order chi connectivity index (χ1) is 9.19. The molecule has 0 fully saturated rings. The Kier molecular flexibility index (Phi) is 7.60. The van der Waals surface area contributed by atoms with Crippen molar-refractivity contribution in [3.8, 4) is 0 Å². The normalized spacial score (nSPS) is 10.9. The number of unbranched alkanes of at least 4 members (excludes halogenated alkanes) is 2. The lowest BCUT2D eigenvalue weighted by atomic mass is 10.1. The summed E-state index contributed by atoms with van der Waals surface area (Å²) in [6, 6.07) is 4.03. The molecule has 19 heavy (non-hydrogen) atoms. The van der Waals surface area contributed by atoms with Gasteiger partial charge in [0, 0.05) is 12.7 Å². The molecule has 0 saturated carbocycles. The third-order valence-electron chi connectivity index (χ3n) is 3.17. The highest BCUT2D eigenvalue weighted by Crippen LogP contribution is 2.11. The molecule has 0 amide bonds. The van der Waals surface area contributed by atoms with Crippen LogP contribution in [0.25, 0.3) is 0 Å². The van der Waals surface area contributed by atoms with E-state index in [0.29, 0.717) is 4.99 Å². The van der Waals surface area contributed by atoms with Gasteiger partial charge in [-0.25, -0.2) is 0 Å². The zero-order valence-electron chi connectivity index (χ0n) is 12.1. The maximum absolute atomic E-state index is 5.74. The summed E-state index contributed by atoms with van der Waals surface area (Å²) in [6.45, 7) is 7.59. The van der Waals surface area contributed by atoms with E-state index in [1.54, 1.807) is 6.20 Å². The second-order valence-corrected chi connectivity index (χ2v) is 5.30. The van der Waals surface area contributed by atoms with Crippen LogP contribution in [-0.2, 0) is 6.54 Å². The molecule has 0 saturated heterocycles. The van der Waals surface area contributed by atoms with E-state index in [2.05, 4.69) is 29.8 Å². The van der Waals surface area contributed by atoms with E-state index in [9.17, 15) is 0 Å². The minimum atomic E-state index is 0.390. The molecule has 0 spiro atoms. The molecule has 0 unspecified atom stereocenters. The Balaban J connectivity index is 2.74. The van der Waals surface area contributed by atoms with Gasteiger partial charge in [0.15, 0.2) is 0 Å². The van der Waals surface area contributed by atoms with E-state index in [-0.39, 0.29) is 0 Å². The smallest absolute Gasteiger partial charge is 0.123 e. The average Bonchev–Trinajstić information content (AvgIpc) is 2.42. The van der Waals surface area contributed by atoms with Crippen LogP contribution < -0.4 is 5.73 Å². The Morgan fingerprint density at radius 2 is 1.89 bits per heavy atom. The minimum absolute atomic E-state index is 0.390. The van der Waals surface area contributed by atoms with Crippen LogP contribution in [0.15, 0.2) is 18.3 Å². The Morgan fingerprint density at radius 3 is 2.42 bits per heavy atom. The highest BCUT2D eigenvalue weighted by atomic mass is 32.1. The maximum Gasteiger partial charge on any atom is 0.123 e. The van der Waals surface area contributed by atoms with Gasteiger partial charge in [-0.05, 0) is 37.6 Å². The van der Waals surface area contributed by atoms with Gasteiger partial charge in [-0.1, -0.05) is 45.0 Å². The van der Waals surface area contributed by atoms with Gasteiger partial charge >= 0.3 is 0 Å². The number of pyridine rings is 1. The molecule has 0 aromatic carbocycles. The van der Waals surface area contributed by atoms with Crippen LogP contribution in [0.3, 0.4) is 0 Å². The first-order valence-electron chi connectivity index (χ1n) is 7.15. The number of hydrogen-bond acceptors (Lipinski definition) is 3. The largest absolute Gasteiger partial charge is 0.388 e. The van der Waals surface area contributed by atoms with E-state index in [4.69, 9.17) is 18.0 Å². The Hall–Kier alpha value is -1.00. The van der Waals surface area contributed by atoms with Crippen molar-refractivity contribution in [2.75, 3.05) is 13.1 Å². The van der Waals surface area contributed by atoms with Crippen LogP contribution in [0.2, 0.25) is 0 Å². The molecule has 0 aliphatic carbocycles. The van der Waals surface area contributed by atoms with Crippen LogP contribution >= 0.6 is 12.2 Å². The van der Waals surface area contributed by atoms with E-state index in [1.165, 1.54) is 25.7 Å². The fourth-order valence-electron chi connectivity index (χ4n) is 2.06. The molecule has 0 aliphatic heterocycles. The number of aromatic nitrogens is 1. The molecule has 1 heterocycles. The van der Waals surface area contributed by atoms with E-state index in [1.807, 2.05) is 6.07 Å². The van der Waals surface area contributed by atoms with E-state index < -0.39 is 0 Å². The summed E-state index contributed by atoms with van der Waals surface area (Å²) in [5.41, 5.74) is 7.66. The molecular weight excluding hydrogens is 254 g/mol. The Labute approximate surface area is 122 Å². The minimum Gasteiger partial charge on any atom is -0.388 e. The molecule has 3 nitrogen and oxygen atoms in total. The van der Waals surface area contributed by atoms with Crippen LogP contribution in [0.4, 0.5) is 0 Å². The van der Waals surface area contributed by atoms with Gasteiger partial charge in [0.2, 0.25) is 0 Å². The van der Waals surface area contributed by atoms with Gasteiger partial charge in [0.25, 0.3) is 0 Å². The van der Waals surface area contributed by atoms with Crippen LogP contribution in [0, 0.1) is 0 Å². The van der Waals surface area contributed by atoms with Gasteiger partial charge < -0.3 is 5.73 Å². The molecule has 1 aromatic heterocycles. The molecule has 2 N–H and O–H groups in total. The zero-order valence-corrected chi connectivity index (χ0v) is 12.9. The summed E-state index contributed by atoms with van der Waals surface area (Å²) in [5, 5.41) is 0. The van der Waals surface area contributed by atoms with Crippen molar-refractivity contribution in [2.45, 2.75) is 46.1 Å². The Morgan fingerprint density at radius 1 is 1.26 bits per heavy atom. The topological polar surface area (TPSA) is 42.2 Å². The molecule has 106 valence electrons. The van der Waals surface area contributed by atoms with Crippen LogP contribution in [0.1, 0.15) is 50.8 Å². The summed E-state index contributed by atoms with van der Waals surface area (Å²) in [6.07, 6.45) is 6.65. The third kappa shape index (κ3) is 5.66. The number of thiocarbonyl (C=S) groups is 1. The monoisotopic (exact) mass is 279 g/mol. The van der Waals surface area contributed by atoms with Crippen molar-refractivity contribution in [3.05, 3.63) is 29.6 Å². The second-order valence-electron chi connectivity index (χ2n) is 4.86. The quantitative estimate of drug-likeness (QED) is 0.705. The highest BCUT2D eigenvalue weighted by Gasteiger charge is 2.10. The molecular formula is C15H25N3S. The summed E-state index contributed by atoms with van der Waals surface area (Å²) in [5.74, 6) is 0. The maximum atomic E-state index is 5.74. The lowest BCUT2D eigenvalue weighted by Gasteiger charge is -2.22. The predicted molar refractivity (Wildman–Crippen MR) is 85.2 cm³/mol. The molecule has 1 aromatic rings. The Bertz CT molecular complexity index is 385. The number of rotatable bonds is 9. The van der Waals surface area contributed by atoms with Gasteiger partial charge in [-0.2, -0.15) is 0 Å². The van der Waals surface area contributed by atoms with Crippen molar-refractivity contribution < 1.29 is 0 Å². The molecule has 4 heteroatoms. The number of nitrogens with zero attached hydrogens (tertiary/aromatic N) is 2. The first-order valence-corrected chi connectivity index (χ1v) is 7.55. The number of hydrogen-bond donors (Lipinski definition) is 1. The molecule has 1 rings (SSSR count). The van der Waals surface area contributed by atoms with Gasteiger partial charge in [-0.15, -0.1) is 0 Å². The van der Waals surface area contributed by atoms with Gasteiger partial charge in [0.1, 0.15) is 10.7 Å².